The second-order valence-electron chi connectivity index (χ2n) is 7.15. The molecular formula is C22H29N3O2S. The van der Waals surface area contributed by atoms with Gasteiger partial charge in [-0.2, -0.15) is 0 Å². The number of aromatic nitrogens is 1. The molecule has 1 aromatic heterocycles. The highest BCUT2D eigenvalue weighted by atomic mass is 32.2. The van der Waals surface area contributed by atoms with Crippen LogP contribution in [0.5, 0.6) is 0 Å². The van der Waals surface area contributed by atoms with Crippen molar-refractivity contribution < 1.29 is 9.32 Å². The fraction of sp³-hybridized carbons (Fsp3) is 0.455. The highest BCUT2D eigenvalue weighted by molar-refractivity contribution is 8.02. The van der Waals surface area contributed by atoms with Crippen LogP contribution in [-0.4, -0.2) is 52.8 Å². The molecule has 6 heteroatoms. The molecule has 0 spiro atoms. The monoisotopic (exact) mass is 399 g/mol. The third-order valence-electron chi connectivity index (χ3n) is 5.09. The molecule has 0 atom stereocenters. The van der Waals surface area contributed by atoms with E-state index in [0.29, 0.717) is 6.42 Å². The first kappa shape index (κ1) is 20.7. The van der Waals surface area contributed by atoms with E-state index in [2.05, 4.69) is 33.7 Å². The Balaban J connectivity index is 1.40. The van der Waals surface area contributed by atoms with Gasteiger partial charge < -0.3 is 9.42 Å². The van der Waals surface area contributed by atoms with Crippen LogP contribution in [0.1, 0.15) is 35.4 Å². The fourth-order valence-electron chi connectivity index (χ4n) is 3.39. The number of carbonyl (C=O) groups excluding carboxylic acids is 1. The number of benzene rings is 1. The van der Waals surface area contributed by atoms with Crippen molar-refractivity contribution in [3.8, 4) is 0 Å². The van der Waals surface area contributed by atoms with Crippen LogP contribution in [0.2, 0.25) is 0 Å². The van der Waals surface area contributed by atoms with E-state index in [4.69, 9.17) is 4.52 Å². The maximum atomic E-state index is 12.6. The van der Waals surface area contributed by atoms with E-state index >= 15 is 0 Å². The van der Waals surface area contributed by atoms with Crippen LogP contribution in [0.15, 0.2) is 40.3 Å². The Labute approximate surface area is 171 Å². The highest BCUT2D eigenvalue weighted by Crippen LogP contribution is 2.17. The lowest BCUT2D eigenvalue weighted by atomic mass is 10.2. The van der Waals surface area contributed by atoms with Crippen molar-refractivity contribution >= 4 is 23.7 Å². The number of carbonyl (C=O) groups is 1. The molecule has 1 aliphatic heterocycles. The van der Waals surface area contributed by atoms with E-state index in [9.17, 15) is 4.79 Å². The molecule has 0 radical (unpaired) electrons. The molecule has 28 heavy (non-hydrogen) atoms. The lowest BCUT2D eigenvalue weighted by Crippen LogP contribution is -2.35. The number of hydrogen-bond acceptors (Lipinski definition) is 5. The number of aryl methyl sites for hydroxylation is 2. The minimum Gasteiger partial charge on any atom is -0.361 e. The molecule has 5 nitrogen and oxygen atoms in total. The van der Waals surface area contributed by atoms with Gasteiger partial charge in [0.1, 0.15) is 5.76 Å². The van der Waals surface area contributed by atoms with E-state index in [1.54, 1.807) is 11.8 Å². The molecule has 1 saturated heterocycles. The Morgan fingerprint density at radius 2 is 2.00 bits per heavy atom. The summed E-state index contributed by atoms with van der Waals surface area (Å²) in [5.74, 6) is 1.98. The molecule has 150 valence electrons. The lowest BCUT2D eigenvalue weighted by Gasteiger charge is -2.22. The van der Waals surface area contributed by atoms with Crippen LogP contribution >= 0.6 is 11.8 Å². The molecule has 2 aromatic rings. The van der Waals surface area contributed by atoms with E-state index in [-0.39, 0.29) is 5.91 Å². The predicted molar refractivity (Wildman–Crippen MR) is 115 cm³/mol. The second-order valence-corrected chi connectivity index (χ2v) is 8.16. The number of hydrogen-bond donors (Lipinski definition) is 0. The van der Waals surface area contributed by atoms with E-state index in [1.165, 1.54) is 11.1 Å². The predicted octanol–water partition coefficient (Wildman–Crippen LogP) is 4.12. The zero-order valence-corrected chi connectivity index (χ0v) is 17.6. The van der Waals surface area contributed by atoms with E-state index < -0.39 is 0 Å². The fourth-order valence-corrected chi connectivity index (χ4v) is 4.07. The van der Waals surface area contributed by atoms with Crippen molar-refractivity contribution in [1.29, 1.82) is 0 Å². The van der Waals surface area contributed by atoms with Crippen molar-refractivity contribution in [1.82, 2.24) is 15.0 Å². The lowest BCUT2D eigenvalue weighted by molar-refractivity contribution is -0.130. The van der Waals surface area contributed by atoms with Crippen molar-refractivity contribution in [2.24, 2.45) is 0 Å². The van der Waals surface area contributed by atoms with E-state index in [1.807, 2.05) is 36.9 Å². The highest BCUT2D eigenvalue weighted by Gasteiger charge is 2.20. The molecule has 0 unspecified atom stereocenters. The molecule has 1 amide bonds. The summed E-state index contributed by atoms with van der Waals surface area (Å²) in [5, 5.41) is 6.12. The number of thioether (sulfide) groups is 1. The summed E-state index contributed by atoms with van der Waals surface area (Å²) < 4.78 is 5.27. The summed E-state index contributed by atoms with van der Waals surface area (Å²) in [6.07, 6.45) is 3.69. The minimum absolute atomic E-state index is 0.264. The maximum absolute atomic E-state index is 12.6. The molecule has 0 N–H and O–H groups in total. The standard InChI is InChI=1S/C22H29N3O2S/c1-18-21(19(2)27-23-18)17-24-11-6-12-25(14-13-24)22(26)10-16-28-15-9-20-7-4-3-5-8-20/h3-5,7-9,15H,6,10-14,16-17H2,1-2H3/b15-9-. The molecular weight excluding hydrogens is 370 g/mol. The summed E-state index contributed by atoms with van der Waals surface area (Å²) in [6, 6.07) is 10.2. The molecule has 0 saturated carbocycles. The van der Waals surface area contributed by atoms with Gasteiger partial charge in [-0.25, -0.2) is 0 Å². The van der Waals surface area contributed by atoms with Gasteiger partial charge in [0.15, 0.2) is 0 Å². The third-order valence-corrected chi connectivity index (χ3v) is 5.86. The van der Waals surface area contributed by atoms with Gasteiger partial charge in [0.2, 0.25) is 5.91 Å². The summed E-state index contributed by atoms with van der Waals surface area (Å²) in [4.78, 5) is 17.0. The van der Waals surface area contributed by atoms with Crippen LogP contribution in [0.25, 0.3) is 6.08 Å². The number of nitrogens with zero attached hydrogens (tertiary/aromatic N) is 3. The van der Waals surface area contributed by atoms with Gasteiger partial charge in [0.05, 0.1) is 5.69 Å². The van der Waals surface area contributed by atoms with Crippen molar-refractivity contribution in [2.45, 2.75) is 33.2 Å². The van der Waals surface area contributed by atoms with Crippen molar-refractivity contribution in [3.63, 3.8) is 0 Å². The van der Waals surface area contributed by atoms with Gasteiger partial charge in [-0.3, -0.25) is 9.69 Å². The summed E-state index contributed by atoms with van der Waals surface area (Å²) in [6.45, 7) is 8.35. The van der Waals surface area contributed by atoms with Gasteiger partial charge in [-0.05, 0) is 37.3 Å². The SMILES string of the molecule is Cc1noc(C)c1CN1CCCN(C(=O)CCS/C=C\c2ccccc2)CC1. The maximum Gasteiger partial charge on any atom is 0.223 e. The minimum atomic E-state index is 0.264. The van der Waals surface area contributed by atoms with Crippen molar-refractivity contribution in [2.75, 3.05) is 31.9 Å². The molecule has 1 aromatic carbocycles. The average Bonchev–Trinajstić information content (AvgIpc) is 2.89. The number of amides is 1. The Morgan fingerprint density at radius 3 is 2.75 bits per heavy atom. The Kier molecular flexibility index (Phi) is 7.74. The first-order valence-corrected chi connectivity index (χ1v) is 10.9. The molecule has 2 heterocycles. The molecule has 3 rings (SSSR count). The first-order valence-electron chi connectivity index (χ1n) is 9.88. The van der Waals surface area contributed by atoms with Gasteiger partial charge in [0, 0.05) is 50.5 Å². The van der Waals surface area contributed by atoms with Gasteiger partial charge in [-0.15, -0.1) is 11.8 Å². The third kappa shape index (κ3) is 5.97. The summed E-state index contributed by atoms with van der Waals surface area (Å²) in [7, 11) is 0. The van der Waals surface area contributed by atoms with Crippen LogP contribution < -0.4 is 0 Å². The number of rotatable bonds is 7. The molecule has 0 aliphatic carbocycles. The molecule has 0 bridgehead atoms. The zero-order chi connectivity index (χ0) is 19.8. The average molecular weight is 400 g/mol. The Bertz CT molecular complexity index is 769. The van der Waals surface area contributed by atoms with Crippen LogP contribution in [0.3, 0.4) is 0 Å². The van der Waals surface area contributed by atoms with E-state index in [0.717, 1.165) is 56.4 Å². The Morgan fingerprint density at radius 1 is 1.18 bits per heavy atom. The van der Waals surface area contributed by atoms with Crippen LogP contribution in [-0.2, 0) is 11.3 Å². The van der Waals surface area contributed by atoms with Crippen LogP contribution in [0, 0.1) is 13.8 Å². The van der Waals surface area contributed by atoms with Crippen molar-refractivity contribution in [3.05, 3.63) is 58.3 Å². The quantitative estimate of drug-likeness (QED) is 0.656. The second kappa shape index (κ2) is 10.5. The van der Waals surface area contributed by atoms with Gasteiger partial charge in [0.25, 0.3) is 0 Å². The van der Waals surface area contributed by atoms with Gasteiger partial charge in [-0.1, -0.05) is 35.5 Å². The van der Waals surface area contributed by atoms with Crippen LogP contribution in [0.4, 0.5) is 0 Å². The zero-order valence-electron chi connectivity index (χ0n) is 16.8. The molecule has 1 fully saturated rings. The largest absolute Gasteiger partial charge is 0.361 e. The summed E-state index contributed by atoms with van der Waals surface area (Å²) >= 11 is 1.70. The smallest absolute Gasteiger partial charge is 0.223 e. The molecule has 1 aliphatic rings. The topological polar surface area (TPSA) is 49.6 Å². The summed E-state index contributed by atoms with van der Waals surface area (Å²) in [5.41, 5.74) is 3.34. The first-order chi connectivity index (χ1) is 13.6. The van der Waals surface area contributed by atoms with Gasteiger partial charge >= 0.3 is 0 Å². The normalized spacial score (nSPS) is 15.9. The Hall–Kier alpha value is -2.05.